The molecule has 1 saturated carbocycles. The van der Waals surface area contributed by atoms with Crippen LogP contribution < -0.4 is 10.6 Å². The van der Waals surface area contributed by atoms with Crippen LogP contribution in [-0.2, 0) is 4.79 Å². The van der Waals surface area contributed by atoms with Gasteiger partial charge in [0.1, 0.15) is 10.4 Å². The summed E-state index contributed by atoms with van der Waals surface area (Å²) in [6.07, 6.45) is 0. The van der Waals surface area contributed by atoms with Crippen LogP contribution in [0.1, 0.15) is 27.4 Å². The predicted octanol–water partition coefficient (Wildman–Crippen LogP) is 7.95. The third-order valence-corrected chi connectivity index (χ3v) is 7.35. The molecule has 3 aromatic carbocycles. The van der Waals surface area contributed by atoms with Gasteiger partial charge in [-0.05, 0) is 60.2 Å². The Morgan fingerprint density at radius 3 is 2.20 bits per heavy atom. The van der Waals surface area contributed by atoms with Crippen molar-refractivity contribution in [3.8, 4) is 6.07 Å². The summed E-state index contributed by atoms with van der Waals surface area (Å²) in [6.45, 7) is 0. The Bertz CT molecular complexity index is 1380. The number of alkyl halides is 2. The summed E-state index contributed by atoms with van der Waals surface area (Å²) in [5.41, 5.74) is 1.48. The van der Waals surface area contributed by atoms with E-state index in [0.717, 1.165) is 0 Å². The summed E-state index contributed by atoms with van der Waals surface area (Å²) >= 11 is 37.1. The number of nitriles is 1. The third-order valence-electron chi connectivity index (χ3n) is 5.41. The fourth-order valence-corrected chi connectivity index (χ4v) is 5.47. The van der Waals surface area contributed by atoms with Gasteiger partial charge in [-0.15, -0.1) is 23.2 Å². The van der Waals surface area contributed by atoms with Gasteiger partial charge in [-0.25, -0.2) is 0 Å². The van der Waals surface area contributed by atoms with E-state index in [0.29, 0.717) is 26.3 Å². The lowest BCUT2D eigenvalue weighted by molar-refractivity contribution is -0.117. The summed E-state index contributed by atoms with van der Waals surface area (Å²) in [5.74, 6) is -2.33. The average molecular weight is 588 g/mol. The molecule has 0 aliphatic heterocycles. The molecule has 2 N–H and O–H groups in total. The summed E-state index contributed by atoms with van der Waals surface area (Å²) in [5, 5.41) is 15.9. The van der Waals surface area contributed by atoms with E-state index < -0.39 is 28.0 Å². The van der Waals surface area contributed by atoms with Crippen molar-refractivity contribution in [2.75, 3.05) is 10.6 Å². The lowest BCUT2D eigenvalue weighted by atomic mass is 10.1. The molecule has 2 unspecified atom stereocenters. The van der Waals surface area contributed by atoms with E-state index in [9.17, 15) is 14.9 Å². The predicted molar refractivity (Wildman–Crippen MR) is 141 cm³/mol. The second-order valence-electron chi connectivity index (χ2n) is 7.77. The molecule has 0 heterocycles. The van der Waals surface area contributed by atoms with Crippen molar-refractivity contribution in [3.63, 3.8) is 0 Å². The number of anilines is 2. The van der Waals surface area contributed by atoms with Crippen molar-refractivity contribution < 1.29 is 9.59 Å². The minimum Gasteiger partial charge on any atom is -0.326 e. The molecule has 0 radical (unpaired) electrons. The summed E-state index contributed by atoms with van der Waals surface area (Å²) in [7, 11) is 0. The number of rotatable bonds is 5. The highest BCUT2D eigenvalue weighted by Crippen LogP contribution is 2.65. The van der Waals surface area contributed by atoms with E-state index >= 15 is 0 Å². The van der Waals surface area contributed by atoms with Gasteiger partial charge in [-0.3, -0.25) is 9.59 Å². The molecule has 0 aromatic heterocycles. The van der Waals surface area contributed by atoms with Crippen molar-refractivity contribution in [3.05, 3.63) is 91.4 Å². The standard InChI is InChI=1S/C24H13Cl6N3O2/c25-13-1-4-19(12(7-13)10-31)33-22(34)17-9-16(2-3-18(17)28)32-23(35)21-20(24(21,29)30)11-5-14(26)8-15(27)6-11/h1-9,20-21H,(H,32,35)(H,33,34). The topological polar surface area (TPSA) is 82.0 Å². The van der Waals surface area contributed by atoms with E-state index in [2.05, 4.69) is 10.6 Å². The van der Waals surface area contributed by atoms with Gasteiger partial charge in [-0.1, -0.05) is 46.4 Å². The Morgan fingerprint density at radius 1 is 0.857 bits per heavy atom. The molecule has 5 nitrogen and oxygen atoms in total. The Balaban J connectivity index is 1.53. The Labute approximate surface area is 230 Å². The molecule has 178 valence electrons. The van der Waals surface area contributed by atoms with Crippen LogP contribution in [-0.4, -0.2) is 16.1 Å². The molecule has 11 heteroatoms. The highest BCUT2D eigenvalue weighted by atomic mass is 35.5. The quantitative estimate of drug-likeness (QED) is 0.297. The van der Waals surface area contributed by atoms with Gasteiger partial charge in [0.2, 0.25) is 5.91 Å². The number of carbonyl (C=O) groups excluding carboxylic acids is 2. The zero-order valence-corrected chi connectivity index (χ0v) is 21.9. The van der Waals surface area contributed by atoms with Crippen LogP contribution in [0.3, 0.4) is 0 Å². The average Bonchev–Trinajstić information content (AvgIpc) is 3.37. The van der Waals surface area contributed by atoms with E-state index in [4.69, 9.17) is 69.6 Å². The largest absolute Gasteiger partial charge is 0.326 e. The molecule has 0 bridgehead atoms. The smallest absolute Gasteiger partial charge is 0.257 e. The van der Waals surface area contributed by atoms with Gasteiger partial charge in [0.25, 0.3) is 5.91 Å². The first-order valence-corrected chi connectivity index (χ1v) is 12.2. The van der Waals surface area contributed by atoms with Crippen LogP contribution in [0.15, 0.2) is 54.6 Å². The van der Waals surface area contributed by atoms with Gasteiger partial charge in [0.15, 0.2) is 0 Å². The van der Waals surface area contributed by atoms with Gasteiger partial charge in [0.05, 0.1) is 27.8 Å². The Hall–Kier alpha value is -2.17. The van der Waals surface area contributed by atoms with E-state index in [1.807, 2.05) is 6.07 Å². The van der Waals surface area contributed by atoms with Crippen molar-refractivity contribution >= 4 is 92.8 Å². The summed E-state index contributed by atoms with van der Waals surface area (Å²) < 4.78 is -1.35. The fourth-order valence-electron chi connectivity index (χ4n) is 3.73. The maximum Gasteiger partial charge on any atom is 0.257 e. The number of nitrogens with zero attached hydrogens (tertiary/aromatic N) is 1. The van der Waals surface area contributed by atoms with Crippen molar-refractivity contribution in [1.29, 1.82) is 5.26 Å². The second kappa shape index (κ2) is 10.1. The van der Waals surface area contributed by atoms with Crippen molar-refractivity contribution in [1.82, 2.24) is 0 Å². The van der Waals surface area contributed by atoms with E-state index in [1.165, 1.54) is 30.3 Å². The molecule has 35 heavy (non-hydrogen) atoms. The molecular formula is C24H13Cl6N3O2. The van der Waals surface area contributed by atoms with E-state index in [-0.39, 0.29) is 21.8 Å². The normalized spacial score (nSPS) is 17.9. The van der Waals surface area contributed by atoms with Gasteiger partial charge >= 0.3 is 0 Å². The molecule has 1 aliphatic carbocycles. The second-order valence-corrected chi connectivity index (χ2v) is 10.9. The summed E-state index contributed by atoms with van der Waals surface area (Å²) in [6, 6.07) is 15.7. The first kappa shape index (κ1) is 25.9. The molecule has 0 spiro atoms. The molecule has 1 fully saturated rings. The highest BCUT2D eigenvalue weighted by Gasteiger charge is 2.67. The zero-order valence-electron chi connectivity index (χ0n) is 17.4. The minimum atomic E-state index is -1.35. The first-order valence-electron chi connectivity index (χ1n) is 9.96. The number of nitrogens with one attached hydrogen (secondary N) is 2. The number of amides is 2. The molecule has 2 atom stereocenters. The van der Waals surface area contributed by atoms with Gasteiger partial charge in [-0.2, -0.15) is 5.26 Å². The Kier molecular flexibility index (Phi) is 7.45. The molecule has 4 rings (SSSR count). The van der Waals surface area contributed by atoms with Crippen LogP contribution in [0.25, 0.3) is 0 Å². The lowest BCUT2D eigenvalue weighted by Gasteiger charge is -2.11. The number of hydrogen-bond donors (Lipinski definition) is 2. The molecule has 0 saturated heterocycles. The SMILES string of the molecule is N#Cc1cc(Cl)ccc1NC(=O)c1cc(NC(=O)C2C(c3cc(Cl)cc(Cl)c3)C2(Cl)Cl)ccc1Cl. The number of carbonyl (C=O) groups is 2. The maximum absolute atomic E-state index is 13.0. The van der Waals surface area contributed by atoms with Crippen LogP contribution in [0.2, 0.25) is 20.1 Å². The number of halogens is 6. The fraction of sp³-hybridized carbons (Fsp3) is 0.125. The van der Waals surface area contributed by atoms with Crippen LogP contribution in [0.4, 0.5) is 11.4 Å². The highest BCUT2D eigenvalue weighted by molar-refractivity contribution is 6.53. The zero-order chi connectivity index (χ0) is 25.5. The van der Waals surface area contributed by atoms with Gasteiger partial charge in [0, 0.05) is 26.7 Å². The maximum atomic E-state index is 13.0. The number of hydrogen-bond acceptors (Lipinski definition) is 3. The summed E-state index contributed by atoms with van der Waals surface area (Å²) in [4.78, 5) is 25.8. The van der Waals surface area contributed by atoms with Crippen LogP contribution in [0, 0.1) is 17.2 Å². The molecule has 2 amide bonds. The Morgan fingerprint density at radius 2 is 1.54 bits per heavy atom. The molecular weight excluding hydrogens is 575 g/mol. The third kappa shape index (κ3) is 5.49. The lowest BCUT2D eigenvalue weighted by Crippen LogP contribution is -2.18. The monoisotopic (exact) mass is 585 g/mol. The molecule has 1 aliphatic rings. The minimum absolute atomic E-state index is 0.0836. The van der Waals surface area contributed by atoms with Crippen LogP contribution in [0.5, 0.6) is 0 Å². The van der Waals surface area contributed by atoms with Crippen molar-refractivity contribution in [2.45, 2.75) is 10.3 Å². The number of benzene rings is 3. The van der Waals surface area contributed by atoms with Crippen molar-refractivity contribution in [2.24, 2.45) is 5.92 Å². The van der Waals surface area contributed by atoms with E-state index in [1.54, 1.807) is 24.3 Å². The van der Waals surface area contributed by atoms with Gasteiger partial charge < -0.3 is 10.6 Å². The van der Waals surface area contributed by atoms with Crippen LogP contribution >= 0.6 is 69.6 Å². The first-order chi connectivity index (χ1) is 16.5. The molecule has 3 aromatic rings.